The molecular formula is C16H23NO2. The number of rotatable bonds is 5. The van der Waals surface area contributed by atoms with Crippen molar-refractivity contribution in [2.75, 3.05) is 20.3 Å². The van der Waals surface area contributed by atoms with Gasteiger partial charge in [-0.2, -0.15) is 0 Å². The molecule has 0 heterocycles. The second-order valence-corrected chi connectivity index (χ2v) is 5.12. The number of benzene rings is 1. The van der Waals surface area contributed by atoms with Gasteiger partial charge in [0.1, 0.15) is 0 Å². The average molecular weight is 261 g/mol. The minimum atomic E-state index is 0.192. The fourth-order valence-electron chi connectivity index (χ4n) is 2.69. The summed E-state index contributed by atoms with van der Waals surface area (Å²) in [4.78, 5) is 14.0. The van der Waals surface area contributed by atoms with E-state index in [0.29, 0.717) is 25.7 Å². The van der Waals surface area contributed by atoms with E-state index in [-0.39, 0.29) is 5.91 Å². The maximum absolute atomic E-state index is 12.1. The lowest BCUT2D eigenvalue weighted by Gasteiger charge is -2.32. The maximum Gasteiger partial charge on any atom is 0.224 e. The van der Waals surface area contributed by atoms with E-state index in [4.69, 9.17) is 4.74 Å². The van der Waals surface area contributed by atoms with E-state index < -0.39 is 0 Å². The van der Waals surface area contributed by atoms with E-state index in [1.54, 1.807) is 0 Å². The van der Waals surface area contributed by atoms with Crippen molar-refractivity contribution in [2.45, 2.75) is 38.6 Å². The van der Waals surface area contributed by atoms with Crippen LogP contribution in [0.25, 0.3) is 0 Å². The van der Waals surface area contributed by atoms with E-state index in [9.17, 15) is 4.79 Å². The molecule has 0 bridgehead atoms. The standard InChI is InChI=1S/C16H23NO2/c1-3-19-11-10-16(18)17(2)15-9-8-13-6-4-5-7-14(13)12-15/h4-7,15H,3,8-12H2,1-2H3. The molecule has 1 atom stereocenters. The predicted octanol–water partition coefficient (Wildman–Crippen LogP) is 2.43. The fourth-order valence-corrected chi connectivity index (χ4v) is 2.69. The van der Waals surface area contributed by atoms with Crippen molar-refractivity contribution in [3.8, 4) is 0 Å². The summed E-state index contributed by atoms with van der Waals surface area (Å²) in [6, 6.07) is 8.89. The first-order valence-electron chi connectivity index (χ1n) is 7.12. The Hall–Kier alpha value is -1.35. The molecule has 0 saturated heterocycles. The summed E-state index contributed by atoms with van der Waals surface area (Å²) in [6.45, 7) is 3.16. The van der Waals surface area contributed by atoms with Gasteiger partial charge in [-0.25, -0.2) is 0 Å². The summed E-state index contributed by atoms with van der Waals surface area (Å²) in [5, 5.41) is 0. The molecule has 1 aromatic rings. The maximum atomic E-state index is 12.1. The van der Waals surface area contributed by atoms with Crippen LogP contribution in [0.5, 0.6) is 0 Å². The molecule has 0 saturated carbocycles. The molecule has 3 heteroatoms. The molecular weight excluding hydrogens is 238 g/mol. The second-order valence-electron chi connectivity index (χ2n) is 5.12. The Morgan fingerprint density at radius 3 is 2.84 bits per heavy atom. The zero-order valence-electron chi connectivity index (χ0n) is 11.9. The molecule has 104 valence electrons. The van der Waals surface area contributed by atoms with Crippen molar-refractivity contribution in [1.82, 2.24) is 4.90 Å². The Kier molecular flexibility index (Phi) is 4.97. The molecule has 0 aliphatic heterocycles. The van der Waals surface area contributed by atoms with Crippen LogP contribution < -0.4 is 0 Å². The number of carbonyl (C=O) groups is 1. The molecule has 1 aliphatic rings. The van der Waals surface area contributed by atoms with Gasteiger partial charge in [-0.1, -0.05) is 24.3 Å². The minimum Gasteiger partial charge on any atom is -0.381 e. The number of hydrogen-bond acceptors (Lipinski definition) is 2. The largest absolute Gasteiger partial charge is 0.381 e. The summed E-state index contributed by atoms with van der Waals surface area (Å²) in [5.41, 5.74) is 2.83. The number of ether oxygens (including phenoxy) is 1. The van der Waals surface area contributed by atoms with Gasteiger partial charge in [0.2, 0.25) is 5.91 Å². The van der Waals surface area contributed by atoms with Crippen LogP contribution in [0.4, 0.5) is 0 Å². The van der Waals surface area contributed by atoms with Gasteiger partial charge < -0.3 is 9.64 Å². The lowest BCUT2D eigenvalue weighted by molar-refractivity contribution is -0.133. The van der Waals surface area contributed by atoms with Crippen LogP contribution in [0.1, 0.15) is 30.9 Å². The highest BCUT2D eigenvalue weighted by molar-refractivity contribution is 5.76. The van der Waals surface area contributed by atoms with Crippen LogP contribution in [-0.2, 0) is 22.4 Å². The summed E-state index contributed by atoms with van der Waals surface area (Å²) in [6.07, 6.45) is 3.60. The number of fused-ring (bicyclic) bond motifs is 1. The molecule has 1 aromatic carbocycles. The van der Waals surface area contributed by atoms with E-state index in [1.165, 1.54) is 11.1 Å². The van der Waals surface area contributed by atoms with Gasteiger partial charge in [0.05, 0.1) is 13.0 Å². The molecule has 1 unspecified atom stereocenters. The Morgan fingerprint density at radius 2 is 2.11 bits per heavy atom. The number of aryl methyl sites for hydroxylation is 1. The summed E-state index contributed by atoms with van der Waals surface area (Å²) in [5.74, 6) is 0.192. The topological polar surface area (TPSA) is 29.5 Å². The summed E-state index contributed by atoms with van der Waals surface area (Å²) >= 11 is 0. The zero-order chi connectivity index (χ0) is 13.7. The van der Waals surface area contributed by atoms with Crippen LogP contribution in [-0.4, -0.2) is 37.1 Å². The summed E-state index contributed by atoms with van der Waals surface area (Å²) < 4.78 is 5.25. The smallest absolute Gasteiger partial charge is 0.224 e. The van der Waals surface area contributed by atoms with Gasteiger partial charge in [-0.3, -0.25) is 4.79 Å². The number of likely N-dealkylation sites (N-methyl/N-ethyl adjacent to an activating group) is 1. The summed E-state index contributed by atoms with van der Waals surface area (Å²) in [7, 11) is 1.92. The van der Waals surface area contributed by atoms with Crippen LogP contribution in [0.2, 0.25) is 0 Å². The Bertz CT molecular complexity index is 431. The van der Waals surface area contributed by atoms with Crippen LogP contribution in [0.3, 0.4) is 0 Å². The molecule has 0 radical (unpaired) electrons. The SMILES string of the molecule is CCOCCC(=O)N(C)C1CCc2ccccc2C1. The van der Waals surface area contributed by atoms with Gasteiger partial charge in [0.25, 0.3) is 0 Å². The molecule has 0 aromatic heterocycles. The van der Waals surface area contributed by atoms with Gasteiger partial charge in [0, 0.05) is 19.7 Å². The van der Waals surface area contributed by atoms with E-state index >= 15 is 0 Å². The highest BCUT2D eigenvalue weighted by Gasteiger charge is 2.24. The zero-order valence-corrected chi connectivity index (χ0v) is 11.9. The van der Waals surface area contributed by atoms with Gasteiger partial charge in [0.15, 0.2) is 0 Å². The van der Waals surface area contributed by atoms with Crippen molar-refractivity contribution in [1.29, 1.82) is 0 Å². The van der Waals surface area contributed by atoms with Crippen molar-refractivity contribution >= 4 is 5.91 Å². The lowest BCUT2D eigenvalue weighted by atomic mass is 9.87. The fraction of sp³-hybridized carbons (Fsp3) is 0.562. The molecule has 0 N–H and O–H groups in total. The third-order valence-corrected chi connectivity index (χ3v) is 3.93. The lowest BCUT2D eigenvalue weighted by Crippen LogP contribution is -2.40. The first-order valence-corrected chi connectivity index (χ1v) is 7.12. The number of amides is 1. The normalized spacial score (nSPS) is 17.9. The Labute approximate surface area is 115 Å². The van der Waals surface area contributed by atoms with Crippen molar-refractivity contribution < 1.29 is 9.53 Å². The number of hydrogen-bond donors (Lipinski definition) is 0. The van der Waals surface area contributed by atoms with E-state index in [1.807, 2.05) is 18.9 Å². The quantitative estimate of drug-likeness (QED) is 0.762. The van der Waals surface area contributed by atoms with Crippen molar-refractivity contribution in [3.05, 3.63) is 35.4 Å². The third kappa shape index (κ3) is 3.57. The van der Waals surface area contributed by atoms with Crippen molar-refractivity contribution in [2.24, 2.45) is 0 Å². The molecule has 2 rings (SSSR count). The Balaban J connectivity index is 1.91. The molecule has 1 aliphatic carbocycles. The number of nitrogens with zero attached hydrogens (tertiary/aromatic N) is 1. The van der Waals surface area contributed by atoms with Crippen LogP contribution >= 0.6 is 0 Å². The van der Waals surface area contributed by atoms with Crippen molar-refractivity contribution in [3.63, 3.8) is 0 Å². The van der Waals surface area contributed by atoms with E-state index in [2.05, 4.69) is 24.3 Å². The molecule has 0 fully saturated rings. The first-order chi connectivity index (χ1) is 9.22. The van der Waals surface area contributed by atoms with Gasteiger partial charge >= 0.3 is 0 Å². The predicted molar refractivity (Wildman–Crippen MR) is 76.1 cm³/mol. The molecule has 3 nitrogen and oxygen atoms in total. The average Bonchev–Trinajstić information content (AvgIpc) is 2.46. The molecule has 0 spiro atoms. The van der Waals surface area contributed by atoms with Crippen LogP contribution in [0.15, 0.2) is 24.3 Å². The Morgan fingerprint density at radius 1 is 1.37 bits per heavy atom. The first kappa shape index (κ1) is 14.1. The minimum absolute atomic E-state index is 0.192. The second kappa shape index (κ2) is 6.71. The molecule has 19 heavy (non-hydrogen) atoms. The number of carbonyl (C=O) groups excluding carboxylic acids is 1. The molecule has 1 amide bonds. The highest BCUT2D eigenvalue weighted by Crippen LogP contribution is 2.24. The van der Waals surface area contributed by atoms with Gasteiger partial charge in [-0.05, 0) is 37.3 Å². The monoisotopic (exact) mass is 261 g/mol. The van der Waals surface area contributed by atoms with E-state index in [0.717, 1.165) is 19.3 Å². The van der Waals surface area contributed by atoms with Gasteiger partial charge in [-0.15, -0.1) is 0 Å². The third-order valence-electron chi connectivity index (χ3n) is 3.93. The van der Waals surface area contributed by atoms with Crippen LogP contribution in [0, 0.1) is 0 Å². The highest BCUT2D eigenvalue weighted by atomic mass is 16.5.